The summed E-state index contributed by atoms with van der Waals surface area (Å²) in [5, 5.41) is 21.5. The van der Waals surface area contributed by atoms with Crippen molar-refractivity contribution in [3.05, 3.63) is 214 Å². The number of hydrogen-bond acceptors (Lipinski definition) is 12. The number of rotatable bonds is 60. The summed E-state index contributed by atoms with van der Waals surface area (Å²) in [5.74, 6) is -2.96. The Morgan fingerprint density at radius 1 is 0.376 bits per heavy atom. The second kappa shape index (κ2) is 59.1. The molecule has 0 bridgehead atoms. The van der Waals surface area contributed by atoms with Gasteiger partial charge in [-0.05, 0) is 157 Å². The first-order chi connectivity index (χ1) is 67.6. The Morgan fingerprint density at radius 2 is 0.695 bits per heavy atom. The molecule has 2 aliphatic carbocycles. The van der Waals surface area contributed by atoms with Crippen molar-refractivity contribution in [2.45, 2.75) is 395 Å². The monoisotopic (exact) mass is 1980 g/mol. The maximum atomic E-state index is 15.1. The number of anilines is 2. The fourth-order valence-electron chi connectivity index (χ4n) is 22.0. The number of unbranched alkanes of at least 4 members (excludes halogenated alkanes) is 33. The van der Waals surface area contributed by atoms with Gasteiger partial charge in [0.15, 0.2) is 11.4 Å². The molecule has 0 aromatic heterocycles. The van der Waals surface area contributed by atoms with Gasteiger partial charge < -0.3 is 36.2 Å². The number of nitrogens with one attached hydrogen (secondary N) is 4. The zero-order chi connectivity index (χ0) is 102. The number of fused-ring (bicyclic) bond motifs is 4. The van der Waals surface area contributed by atoms with Crippen LogP contribution in [0.25, 0.3) is 0 Å². The van der Waals surface area contributed by atoms with Crippen molar-refractivity contribution in [2.24, 2.45) is 10.8 Å². The molecule has 1 atom stereocenters. The lowest BCUT2D eigenvalue weighted by molar-refractivity contribution is -0.437. The van der Waals surface area contributed by atoms with Crippen LogP contribution in [-0.2, 0) is 66.4 Å². The van der Waals surface area contributed by atoms with Gasteiger partial charge in [0.25, 0.3) is 10.1 Å². The summed E-state index contributed by atoms with van der Waals surface area (Å²) in [6.45, 7) is 35.9. The summed E-state index contributed by atoms with van der Waals surface area (Å²) >= 11 is 0. The Hall–Kier alpha value is -9.38. The van der Waals surface area contributed by atoms with E-state index in [1.807, 2.05) is 18.2 Å². The minimum Gasteiger partial charge on any atom is -0.481 e. The highest BCUT2D eigenvalue weighted by molar-refractivity contribution is 7.85. The zero-order valence-electron chi connectivity index (χ0n) is 88.9. The molecule has 4 aliphatic heterocycles. The van der Waals surface area contributed by atoms with Gasteiger partial charge in [-0.1, -0.05) is 370 Å². The minimum absolute atomic E-state index is 0.0343. The molecule has 20 nitrogen and oxygen atoms in total. The van der Waals surface area contributed by atoms with E-state index in [2.05, 4.69) is 277 Å². The van der Waals surface area contributed by atoms with Crippen LogP contribution in [0.1, 0.15) is 395 Å². The third-order valence-corrected chi connectivity index (χ3v) is 30.7. The van der Waals surface area contributed by atoms with Gasteiger partial charge in [0, 0.05) is 121 Å². The Labute approximate surface area is 851 Å². The lowest BCUT2D eigenvalue weighted by atomic mass is 9.70. The fourth-order valence-corrected chi connectivity index (χ4v) is 22.3. The number of carbonyl (C=O) groups is 5. The molecule has 22 heteroatoms. The summed E-state index contributed by atoms with van der Waals surface area (Å²) in [6.07, 6.45) is 69.0. The van der Waals surface area contributed by atoms with E-state index < -0.39 is 55.1 Å². The minimum atomic E-state index is -4.38. The van der Waals surface area contributed by atoms with Crippen LogP contribution < -0.4 is 31.1 Å². The molecule has 6 N–H and O–H groups in total. The molecule has 10 rings (SSSR count). The van der Waals surface area contributed by atoms with Crippen molar-refractivity contribution in [2.75, 3.05) is 67.9 Å². The van der Waals surface area contributed by atoms with Crippen molar-refractivity contribution in [3.8, 4) is 0 Å². The summed E-state index contributed by atoms with van der Waals surface area (Å²) in [4.78, 5) is 75.1. The van der Waals surface area contributed by atoms with Crippen LogP contribution in [0.15, 0.2) is 192 Å². The first-order valence-electron chi connectivity index (χ1n) is 54.5. The molecule has 4 heterocycles. The smallest absolute Gasteiger partial charge is 0.425 e. The third-order valence-electron chi connectivity index (χ3n) is 30.0. The van der Waals surface area contributed by atoms with E-state index in [1.165, 1.54) is 231 Å². The van der Waals surface area contributed by atoms with Crippen LogP contribution >= 0.6 is 0 Å². The van der Waals surface area contributed by atoms with E-state index in [0.717, 1.165) is 111 Å². The number of carboxylic acids is 1. The Kier molecular flexibility index (Phi) is 49.0. The molecule has 4 aromatic carbocycles. The Balaban J connectivity index is 0.000000344. The predicted molar refractivity (Wildman–Crippen MR) is 582 cm³/mol. The summed E-state index contributed by atoms with van der Waals surface area (Å²) in [6, 6.07) is 34.4. The summed E-state index contributed by atoms with van der Waals surface area (Å²) in [5.41, 5.74) is 14.2. The van der Waals surface area contributed by atoms with Gasteiger partial charge in [-0.25, -0.2) is 0 Å². The maximum absolute atomic E-state index is 15.1. The van der Waals surface area contributed by atoms with Crippen LogP contribution in [0.2, 0.25) is 0 Å². The molecular formula is C119H178N8O12S2+2. The molecule has 0 saturated heterocycles. The van der Waals surface area contributed by atoms with Crippen molar-refractivity contribution in [3.63, 3.8) is 0 Å². The standard InChI is InChI=1S/C72H114N4O2.C47H62N4O7S.O3S/c1-9-13-15-17-19-21-23-25-27-29-31-33-35-37-39-45-55-73-68(77)72(69(78)74-56-46-40-38-36-34-32-30-28-26-24-22-20-18-16-14-10-2)58-60(51-53-66-70(5,6)62-47-41-43-49-64(62)75(66)11-3)57-61(59-72)52-54-67-71(7,8)63-48-42-44-50-65(63)76(67)12-4;1-7-9-29-51-39-20-15-13-18-37(39)46(5,6)41(51)25-23-35-31-34(22-24-40-45(3,4)36-17-12-14-19-38(36)50(40)28-8-2)32-47(33-35,44(55)49-27-30-59(56,57)58)43(54)48-26-16-10-11-21-42(52)53;1-4(2)3/h41-44,47-54,57H,9-40,45-46,55-56,58-59H2,1-8H3,(H-,73,74,77,78);12-15,17-20,22-25,31H,7-11,16,21,26-30,32-33H2,1-6H3,(H3-,48,49,52,53,54,55,56,57,58);/p+2. The van der Waals surface area contributed by atoms with E-state index in [9.17, 15) is 27.4 Å². The van der Waals surface area contributed by atoms with E-state index in [0.29, 0.717) is 45.2 Å². The van der Waals surface area contributed by atoms with E-state index in [1.54, 1.807) is 0 Å². The molecule has 4 amide bonds. The number of aliphatic carboxylic acids is 1. The van der Waals surface area contributed by atoms with Crippen LogP contribution in [0, 0.1) is 10.8 Å². The van der Waals surface area contributed by atoms with Crippen LogP contribution in [-0.4, -0.2) is 139 Å². The number of nitrogens with zero attached hydrogens (tertiary/aromatic N) is 4. The molecule has 4 aromatic rings. The summed E-state index contributed by atoms with van der Waals surface area (Å²) in [7, 11) is -7.49. The second-order valence-corrected chi connectivity index (χ2v) is 44.4. The van der Waals surface area contributed by atoms with E-state index in [4.69, 9.17) is 17.7 Å². The average molecular weight is 1980 g/mol. The molecule has 1 unspecified atom stereocenters. The Morgan fingerprint density at radius 3 is 1.05 bits per heavy atom. The SMILES string of the molecule is CCCCCCCCCCCCCCCCCCNC(=O)C1(C(=O)NCCCCCCCCCCCCCCCCCC)CC(/C=C/C2=[N+](CC)c3ccccc3C2(C)C)=CC(=C/C=C2/N(CC)c3ccccc3C2(C)C)/C1.CCCCN1C(=CC=C2C=C(C=CC3=[N+](CCC)c4ccccc4C3(C)C)CC(C(=O)NCCCCCC(=O)O)(C(=O)NCCS(=O)(=O)O)C2)C(C)(C)c2ccccc21.O=S(=O)=O. The first-order valence-corrected chi connectivity index (χ1v) is 57.2. The van der Waals surface area contributed by atoms with Gasteiger partial charge in [-0.2, -0.15) is 17.6 Å². The topological polar surface area (TPSA) is 272 Å². The number of hydrogen-bond donors (Lipinski definition) is 6. The van der Waals surface area contributed by atoms with Crippen molar-refractivity contribution >= 4 is 84.5 Å². The first kappa shape index (κ1) is 117. The number of likely N-dealkylation sites (N-methyl/N-ethyl adjacent to an activating group) is 1. The number of amides is 4. The lowest BCUT2D eigenvalue weighted by Crippen LogP contribution is -2.53. The quantitative estimate of drug-likeness (QED) is 0.0104. The average Bonchev–Trinajstić information content (AvgIpc) is 1.59. The molecule has 0 saturated carbocycles. The number of carbonyl (C=O) groups excluding carboxylic acids is 4. The van der Waals surface area contributed by atoms with Crippen molar-refractivity contribution < 1.29 is 63.8 Å². The molecule has 141 heavy (non-hydrogen) atoms. The highest BCUT2D eigenvalue weighted by Gasteiger charge is 2.52. The second-order valence-electron chi connectivity index (χ2n) is 42.4. The lowest BCUT2D eigenvalue weighted by Gasteiger charge is -2.35. The predicted octanol–water partition coefficient (Wildman–Crippen LogP) is 26.6. The zero-order valence-corrected chi connectivity index (χ0v) is 90.5. The third kappa shape index (κ3) is 34.1. The van der Waals surface area contributed by atoms with Gasteiger partial charge in [-0.3, -0.25) is 28.5 Å². The number of benzene rings is 4. The molecular weight excluding hydrogens is 1800 g/mol. The van der Waals surface area contributed by atoms with Crippen molar-refractivity contribution in [1.82, 2.24) is 21.3 Å². The fraction of sp³-hybridized carbons (Fsp3) is 0.605. The molecule has 0 fully saturated rings. The normalized spacial score (nSPS) is 18.5. The van der Waals surface area contributed by atoms with Gasteiger partial charge in [0.1, 0.15) is 23.9 Å². The van der Waals surface area contributed by atoms with E-state index in [-0.39, 0.29) is 65.8 Å². The van der Waals surface area contributed by atoms with Crippen LogP contribution in [0.5, 0.6) is 0 Å². The molecule has 0 radical (unpaired) electrons. The van der Waals surface area contributed by atoms with Gasteiger partial charge in [0.2, 0.25) is 35.0 Å². The van der Waals surface area contributed by atoms with Gasteiger partial charge in [0.05, 0.1) is 16.6 Å². The van der Waals surface area contributed by atoms with Gasteiger partial charge >= 0.3 is 16.6 Å². The molecule has 6 aliphatic rings. The van der Waals surface area contributed by atoms with E-state index >= 15 is 9.59 Å². The largest absolute Gasteiger partial charge is 0.481 e. The highest BCUT2D eigenvalue weighted by Crippen LogP contribution is 2.52. The van der Waals surface area contributed by atoms with Crippen LogP contribution in [0.4, 0.5) is 22.7 Å². The number of allylic oxidation sites excluding steroid dienone is 16. The van der Waals surface area contributed by atoms with Gasteiger partial charge in [-0.15, -0.1) is 12.6 Å². The number of carboxylic acid groups (broad SMARTS) is 1. The number of para-hydroxylation sites is 4. The maximum Gasteiger partial charge on any atom is 0.425 e. The van der Waals surface area contributed by atoms with Crippen LogP contribution in [0.3, 0.4) is 0 Å². The molecule has 0 spiro atoms. The van der Waals surface area contributed by atoms with Crippen molar-refractivity contribution in [1.29, 1.82) is 0 Å². The molecule has 776 valence electrons. The highest BCUT2D eigenvalue weighted by atomic mass is 32.2. The summed E-state index contributed by atoms with van der Waals surface area (Å²) < 4.78 is 62.9. The Bertz CT molecular complexity index is 5250.